The molecular weight excluding hydrogens is 348 g/mol. The van der Waals surface area contributed by atoms with Crippen LogP contribution in [-0.4, -0.2) is 49.2 Å². The number of carbonyl (C=O) groups excluding carboxylic acids is 1. The fraction of sp³-hybridized carbons (Fsp3) is 0.368. The van der Waals surface area contributed by atoms with E-state index in [4.69, 9.17) is 4.42 Å². The molecule has 1 fully saturated rings. The van der Waals surface area contributed by atoms with Gasteiger partial charge in [0, 0.05) is 12.6 Å². The smallest absolute Gasteiger partial charge is 0.326 e. The molecule has 8 nitrogen and oxygen atoms in total. The minimum absolute atomic E-state index is 0.0587. The lowest BCUT2D eigenvalue weighted by Gasteiger charge is -2.22. The van der Waals surface area contributed by atoms with Gasteiger partial charge in [0.15, 0.2) is 11.4 Å². The highest BCUT2D eigenvalue weighted by Gasteiger charge is 2.35. The minimum Gasteiger partial charge on any atom is -0.480 e. The van der Waals surface area contributed by atoms with Crippen LogP contribution in [0.5, 0.6) is 0 Å². The van der Waals surface area contributed by atoms with Crippen molar-refractivity contribution in [2.24, 2.45) is 0 Å². The summed E-state index contributed by atoms with van der Waals surface area (Å²) in [5.41, 5.74) is 1.49. The molecule has 4 heterocycles. The molecule has 1 saturated heterocycles. The topological polar surface area (TPSA) is 101 Å². The van der Waals surface area contributed by atoms with Gasteiger partial charge in [-0.1, -0.05) is 0 Å². The van der Waals surface area contributed by atoms with Crippen LogP contribution >= 0.6 is 0 Å². The molecule has 1 amide bonds. The first-order chi connectivity index (χ1) is 13.0. The molecule has 1 unspecified atom stereocenters. The van der Waals surface area contributed by atoms with E-state index in [1.165, 1.54) is 4.90 Å². The van der Waals surface area contributed by atoms with E-state index in [1.807, 2.05) is 13.8 Å². The second-order valence-corrected chi connectivity index (χ2v) is 6.95. The Morgan fingerprint density at radius 3 is 2.85 bits per heavy atom. The summed E-state index contributed by atoms with van der Waals surface area (Å²) in [7, 11) is 0. The molecule has 8 heteroatoms. The van der Waals surface area contributed by atoms with Crippen LogP contribution in [0.15, 0.2) is 35.1 Å². The van der Waals surface area contributed by atoms with Gasteiger partial charge in [0.05, 0.1) is 23.4 Å². The van der Waals surface area contributed by atoms with Gasteiger partial charge >= 0.3 is 5.97 Å². The van der Waals surface area contributed by atoms with Crippen molar-refractivity contribution in [2.45, 2.75) is 38.8 Å². The molecule has 0 saturated carbocycles. The van der Waals surface area contributed by atoms with Crippen LogP contribution in [0.4, 0.5) is 0 Å². The van der Waals surface area contributed by atoms with E-state index in [9.17, 15) is 14.7 Å². The Hall–Kier alpha value is -3.16. The maximum Gasteiger partial charge on any atom is 0.326 e. The van der Waals surface area contributed by atoms with Crippen LogP contribution in [0.1, 0.15) is 43.1 Å². The lowest BCUT2D eigenvalue weighted by atomic mass is 10.1. The number of carboxylic acids is 1. The molecule has 0 spiro atoms. The van der Waals surface area contributed by atoms with E-state index in [2.05, 4.69) is 10.1 Å². The second-order valence-electron chi connectivity index (χ2n) is 6.95. The molecule has 0 aromatic carbocycles. The van der Waals surface area contributed by atoms with Crippen LogP contribution in [0.25, 0.3) is 22.5 Å². The van der Waals surface area contributed by atoms with Gasteiger partial charge in [0.1, 0.15) is 11.7 Å². The summed E-state index contributed by atoms with van der Waals surface area (Å²) in [5, 5.41) is 14.4. The average Bonchev–Trinajstić information content (AvgIpc) is 3.39. The number of rotatable bonds is 4. The third-order valence-electron chi connectivity index (χ3n) is 4.86. The molecule has 3 aromatic heterocycles. The monoisotopic (exact) mass is 368 g/mol. The van der Waals surface area contributed by atoms with Crippen molar-refractivity contribution in [3.8, 4) is 11.5 Å². The number of fused-ring (bicyclic) bond motifs is 1. The van der Waals surface area contributed by atoms with E-state index in [1.54, 1.807) is 35.3 Å². The predicted octanol–water partition coefficient (Wildman–Crippen LogP) is 2.96. The third kappa shape index (κ3) is 2.87. The van der Waals surface area contributed by atoms with Crippen molar-refractivity contribution >= 4 is 22.9 Å². The molecule has 1 atom stereocenters. The number of hydrogen-bond acceptors (Lipinski definition) is 5. The lowest BCUT2D eigenvalue weighted by molar-refractivity contribution is -0.141. The number of carbonyl (C=O) groups is 2. The standard InChI is InChI=1S/C19H20N4O4/c1-11(2)23-17-13(10-20-23)12(9-14(21-17)16-6-4-8-27-16)18(24)22-7-3-5-15(22)19(25)26/h4,6,8-11,15H,3,5,7H2,1-2H3,(H,25,26). The van der Waals surface area contributed by atoms with E-state index in [-0.39, 0.29) is 11.9 Å². The fourth-order valence-electron chi connectivity index (χ4n) is 3.54. The summed E-state index contributed by atoms with van der Waals surface area (Å²) in [6.45, 7) is 4.39. The third-order valence-corrected chi connectivity index (χ3v) is 4.86. The average molecular weight is 368 g/mol. The first-order valence-electron chi connectivity index (χ1n) is 8.93. The van der Waals surface area contributed by atoms with Crippen LogP contribution in [0.3, 0.4) is 0 Å². The molecule has 27 heavy (non-hydrogen) atoms. The summed E-state index contributed by atoms with van der Waals surface area (Å²) in [5.74, 6) is -0.752. The lowest BCUT2D eigenvalue weighted by Crippen LogP contribution is -2.40. The van der Waals surface area contributed by atoms with Crippen molar-refractivity contribution < 1.29 is 19.1 Å². The molecule has 1 aliphatic rings. The highest BCUT2D eigenvalue weighted by Crippen LogP contribution is 2.29. The molecule has 1 aliphatic heterocycles. The molecular formula is C19H20N4O4. The number of nitrogens with zero attached hydrogens (tertiary/aromatic N) is 4. The number of carboxylic acid groups (broad SMARTS) is 1. The van der Waals surface area contributed by atoms with Crippen molar-refractivity contribution in [3.05, 3.63) is 36.2 Å². The van der Waals surface area contributed by atoms with Gasteiger partial charge in [0.2, 0.25) is 0 Å². The number of aromatic nitrogens is 3. The zero-order valence-corrected chi connectivity index (χ0v) is 15.1. The zero-order chi connectivity index (χ0) is 19.1. The fourth-order valence-corrected chi connectivity index (χ4v) is 3.54. The number of likely N-dealkylation sites (tertiary alicyclic amines) is 1. The van der Waals surface area contributed by atoms with Crippen LogP contribution in [0.2, 0.25) is 0 Å². The van der Waals surface area contributed by atoms with Gasteiger partial charge in [-0.05, 0) is 44.9 Å². The van der Waals surface area contributed by atoms with Gasteiger partial charge < -0.3 is 14.4 Å². The summed E-state index contributed by atoms with van der Waals surface area (Å²) < 4.78 is 7.20. The first-order valence-corrected chi connectivity index (χ1v) is 8.93. The van der Waals surface area contributed by atoms with Crippen LogP contribution in [-0.2, 0) is 4.79 Å². The van der Waals surface area contributed by atoms with E-state index >= 15 is 0 Å². The predicted molar refractivity (Wildman–Crippen MR) is 97.3 cm³/mol. The minimum atomic E-state index is -0.977. The summed E-state index contributed by atoms with van der Waals surface area (Å²) >= 11 is 0. The molecule has 0 bridgehead atoms. The summed E-state index contributed by atoms with van der Waals surface area (Å²) in [6, 6.07) is 4.45. The van der Waals surface area contributed by atoms with Gasteiger partial charge in [-0.2, -0.15) is 5.10 Å². The van der Waals surface area contributed by atoms with Crippen LogP contribution < -0.4 is 0 Å². The highest BCUT2D eigenvalue weighted by molar-refractivity contribution is 6.07. The maximum atomic E-state index is 13.2. The van der Waals surface area contributed by atoms with Crippen molar-refractivity contribution in [1.29, 1.82) is 0 Å². The number of hydrogen-bond donors (Lipinski definition) is 1. The maximum absolute atomic E-state index is 13.2. The largest absolute Gasteiger partial charge is 0.480 e. The van der Waals surface area contributed by atoms with E-state index < -0.39 is 12.0 Å². The number of pyridine rings is 1. The molecule has 140 valence electrons. The molecule has 3 aromatic rings. The Labute approximate surface area is 155 Å². The number of aliphatic carboxylic acids is 1. The van der Waals surface area contributed by atoms with Gasteiger partial charge in [-0.3, -0.25) is 4.79 Å². The molecule has 1 N–H and O–H groups in total. The van der Waals surface area contributed by atoms with Crippen LogP contribution in [0, 0.1) is 0 Å². The Morgan fingerprint density at radius 1 is 1.37 bits per heavy atom. The van der Waals surface area contributed by atoms with Crippen molar-refractivity contribution in [3.63, 3.8) is 0 Å². The zero-order valence-electron chi connectivity index (χ0n) is 15.1. The van der Waals surface area contributed by atoms with E-state index in [0.29, 0.717) is 47.4 Å². The second kappa shape index (κ2) is 6.53. The highest BCUT2D eigenvalue weighted by atomic mass is 16.4. The van der Waals surface area contributed by atoms with E-state index in [0.717, 1.165) is 0 Å². The first kappa shape index (κ1) is 17.3. The molecule has 4 rings (SSSR count). The Bertz CT molecular complexity index is 1010. The van der Waals surface area contributed by atoms with Crippen molar-refractivity contribution in [2.75, 3.05) is 6.54 Å². The van der Waals surface area contributed by atoms with Gasteiger partial charge in [-0.15, -0.1) is 0 Å². The summed E-state index contributed by atoms with van der Waals surface area (Å²) in [6.07, 6.45) is 4.30. The van der Waals surface area contributed by atoms with Crippen molar-refractivity contribution in [1.82, 2.24) is 19.7 Å². The quantitative estimate of drug-likeness (QED) is 0.760. The van der Waals surface area contributed by atoms with Gasteiger partial charge in [0.25, 0.3) is 5.91 Å². The Balaban J connectivity index is 1.88. The summed E-state index contributed by atoms with van der Waals surface area (Å²) in [4.78, 5) is 30.8. The number of furan rings is 1. The Kier molecular flexibility index (Phi) is 4.18. The Morgan fingerprint density at radius 2 is 2.19 bits per heavy atom. The molecule has 0 aliphatic carbocycles. The SMILES string of the molecule is CC(C)n1ncc2c(C(=O)N3CCCC3C(=O)O)cc(-c3ccco3)nc21. The number of amides is 1. The van der Waals surface area contributed by atoms with Gasteiger partial charge in [-0.25, -0.2) is 14.5 Å². The normalized spacial score (nSPS) is 17.1. The molecule has 0 radical (unpaired) electrons.